The molecule has 0 saturated carbocycles. The van der Waals surface area contributed by atoms with Gasteiger partial charge in [-0.05, 0) is 55.0 Å². The van der Waals surface area contributed by atoms with Gasteiger partial charge in [0.1, 0.15) is 5.82 Å². The molecule has 3 aromatic rings. The summed E-state index contributed by atoms with van der Waals surface area (Å²) < 4.78 is 35.6. The van der Waals surface area contributed by atoms with Crippen molar-refractivity contribution in [2.45, 2.75) is 19.3 Å². The Bertz CT molecular complexity index is 1290. The molecule has 2 aromatic heterocycles. The van der Waals surface area contributed by atoms with Gasteiger partial charge in [-0.2, -0.15) is 8.42 Å². The largest absolute Gasteiger partial charge is 0.493 e. The van der Waals surface area contributed by atoms with E-state index in [2.05, 4.69) is 14.6 Å². The molecule has 0 bridgehead atoms. The minimum atomic E-state index is -3.66. The second-order valence-corrected chi connectivity index (χ2v) is 9.78. The molecule has 1 aliphatic rings. The Morgan fingerprint density at radius 2 is 1.77 bits per heavy atom. The van der Waals surface area contributed by atoms with Crippen molar-refractivity contribution in [3.63, 3.8) is 0 Å². The van der Waals surface area contributed by atoms with Crippen LogP contribution in [0.4, 0.5) is 5.82 Å². The Labute approximate surface area is 205 Å². The van der Waals surface area contributed by atoms with Crippen molar-refractivity contribution in [1.29, 1.82) is 0 Å². The lowest BCUT2D eigenvalue weighted by molar-refractivity contribution is 0.355. The van der Waals surface area contributed by atoms with E-state index in [1.54, 1.807) is 26.6 Å². The van der Waals surface area contributed by atoms with Gasteiger partial charge in [0.2, 0.25) is 0 Å². The molecule has 0 atom stereocenters. The van der Waals surface area contributed by atoms with Gasteiger partial charge < -0.3 is 14.4 Å². The predicted molar refractivity (Wildman–Crippen MR) is 136 cm³/mol. The van der Waals surface area contributed by atoms with E-state index in [0.29, 0.717) is 29.8 Å². The molecule has 3 heterocycles. The third kappa shape index (κ3) is 6.44. The molecular formula is C24H30N6O4S. The van der Waals surface area contributed by atoms with Gasteiger partial charge in [-0.15, -0.1) is 0 Å². The van der Waals surface area contributed by atoms with Gasteiger partial charge >= 0.3 is 0 Å². The number of ether oxygens (including phenoxy) is 2. The van der Waals surface area contributed by atoms with E-state index < -0.39 is 10.2 Å². The Kier molecular flexibility index (Phi) is 7.79. The van der Waals surface area contributed by atoms with Crippen LogP contribution in [0.1, 0.15) is 30.7 Å². The van der Waals surface area contributed by atoms with Crippen LogP contribution < -0.4 is 24.2 Å². The predicted octanol–water partition coefficient (Wildman–Crippen LogP) is 2.61. The summed E-state index contributed by atoms with van der Waals surface area (Å²) in [6.45, 7) is 1.95. The fourth-order valence-electron chi connectivity index (χ4n) is 4.26. The zero-order chi connectivity index (χ0) is 24.8. The highest BCUT2D eigenvalue weighted by Crippen LogP contribution is 2.36. The molecule has 1 fully saturated rings. The van der Waals surface area contributed by atoms with Gasteiger partial charge in [-0.25, -0.2) is 19.8 Å². The van der Waals surface area contributed by atoms with Crippen molar-refractivity contribution >= 4 is 39.1 Å². The summed E-state index contributed by atoms with van der Waals surface area (Å²) in [6.07, 6.45) is 9.93. The average molecular weight is 499 g/mol. The molecule has 0 aliphatic carbocycles. The van der Waals surface area contributed by atoms with Gasteiger partial charge in [0.15, 0.2) is 17.3 Å². The third-order valence-corrected chi connectivity index (χ3v) is 6.71. The van der Waals surface area contributed by atoms with E-state index >= 15 is 0 Å². The van der Waals surface area contributed by atoms with E-state index in [1.165, 1.54) is 0 Å². The van der Waals surface area contributed by atoms with Crippen LogP contribution in [-0.4, -0.2) is 57.2 Å². The SMILES string of the molecule is COc1cc2nc(/C=C/c3ccncc3)nc(N3CCC(CCNS(N)(=O)=O)CC3)c2cc1OC. The number of rotatable bonds is 9. The molecule has 11 heteroatoms. The topological polar surface area (TPSA) is 133 Å². The lowest BCUT2D eigenvalue weighted by Crippen LogP contribution is -2.37. The number of pyridine rings is 1. The quantitative estimate of drug-likeness (QED) is 0.460. The number of anilines is 1. The highest BCUT2D eigenvalue weighted by atomic mass is 32.2. The van der Waals surface area contributed by atoms with E-state index in [0.717, 1.165) is 54.6 Å². The van der Waals surface area contributed by atoms with Crippen LogP contribution in [0.25, 0.3) is 23.1 Å². The first kappa shape index (κ1) is 24.8. The number of aromatic nitrogens is 3. The molecule has 1 aliphatic heterocycles. The van der Waals surface area contributed by atoms with Crippen molar-refractivity contribution in [3.8, 4) is 11.5 Å². The van der Waals surface area contributed by atoms with Crippen molar-refractivity contribution in [2.75, 3.05) is 38.8 Å². The molecule has 0 unspecified atom stereocenters. The van der Waals surface area contributed by atoms with Crippen molar-refractivity contribution in [3.05, 3.63) is 48.0 Å². The summed E-state index contributed by atoms with van der Waals surface area (Å²) in [5, 5.41) is 5.92. The number of hydrogen-bond acceptors (Lipinski definition) is 8. The minimum Gasteiger partial charge on any atom is -0.493 e. The fourth-order valence-corrected chi connectivity index (χ4v) is 4.66. The maximum atomic E-state index is 11.1. The lowest BCUT2D eigenvalue weighted by atomic mass is 9.93. The maximum absolute atomic E-state index is 11.1. The molecule has 1 saturated heterocycles. The van der Waals surface area contributed by atoms with Gasteiger partial charge in [-0.3, -0.25) is 4.98 Å². The van der Waals surface area contributed by atoms with Crippen molar-refractivity contribution < 1.29 is 17.9 Å². The Hall–Kier alpha value is -3.28. The maximum Gasteiger partial charge on any atom is 0.274 e. The summed E-state index contributed by atoms with van der Waals surface area (Å²) in [4.78, 5) is 16.0. The van der Waals surface area contributed by atoms with Gasteiger partial charge in [-0.1, -0.05) is 6.08 Å². The second kappa shape index (κ2) is 11.0. The summed E-state index contributed by atoms with van der Waals surface area (Å²) >= 11 is 0. The smallest absolute Gasteiger partial charge is 0.274 e. The summed E-state index contributed by atoms with van der Waals surface area (Å²) in [6, 6.07) is 7.63. The standard InChI is InChI=1S/C24H30N6O4S/c1-33-21-15-19-20(16-22(21)34-2)28-23(4-3-17-5-10-26-11-6-17)29-24(19)30-13-8-18(9-14-30)7-12-27-35(25,31)32/h3-6,10-11,15-16,18,27H,7-9,12-14H2,1-2H3,(H2,25,31,32)/b4-3+. The van der Waals surface area contributed by atoms with Crippen LogP contribution in [0.3, 0.4) is 0 Å². The first-order chi connectivity index (χ1) is 16.9. The van der Waals surface area contributed by atoms with Gasteiger partial charge in [0.25, 0.3) is 10.2 Å². The van der Waals surface area contributed by atoms with Crippen LogP contribution in [0.15, 0.2) is 36.7 Å². The number of piperidine rings is 1. The van der Waals surface area contributed by atoms with Crippen LogP contribution in [-0.2, 0) is 10.2 Å². The number of nitrogens with two attached hydrogens (primary N) is 1. The van der Waals surface area contributed by atoms with Crippen LogP contribution >= 0.6 is 0 Å². The van der Waals surface area contributed by atoms with Crippen LogP contribution in [0.5, 0.6) is 11.5 Å². The Balaban J connectivity index is 1.61. The van der Waals surface area contributed by atoms with Crippen LogP contribution in [0, 0.1) is 5.92 Å². The molecule has 3 N–H and O–H groups in total. The van der Waals surface area contributed by atoms with E-state index in [9.17, 15) is 8.42 Å². The summed E-state index contributed by atoms with van der Waals surface area (Å²) in [5.74, 6) is 3.07. The molecule has 1 aromatic carbocycles. The number of methoxy groups -OCH3 is 2. The average Bonchev–Trinajstić information content (AvgIpc) is 2.86. The zero-order valence-electron chi connectivity index (χ0n) is 19.8. The summed E-state index contributed by atoms with van der Waals surface area (Å²) in [7, 11) is -0.444. The minimum absolute atomic E-state index is 0.348. The van der Waals surface area contributed by atoms with Crippen molar-refractivity contribution in [2.24, 2.45) is 11.1 Å². The molecule has 0 radical (unpaired) electrons. The van der Waals surface area contributed by atoms with Gasteiger partial charge in [0, 0.05) is 43.5 Å². The number of benzene rings is 1. The van der Waals surface area contributed by atoms with E-state index in [-0.39, 0.29) is 0 Å². The normalized spacial score (nSPS) is 15.1. The number of nitrogens with zero attached hydrogens (tertiary/aromatic N) is 4. The first-order valence-corrected chi connectivity index (χ1v) is 12.9. The monoisotopic (exact) mass is 498 g/mol. The van der Waals surface area contributed by atoms with Crippen LogP contribution in [0.2, 0.25) is 0 Å². The second-order valence-electron chi connectivity index (χ2n) is 8.40. The number of nitrogens with one attached hydrogen (secondary N) is 1. The Morgan fingerprint density at radius 3 is 2.43 bits per heavy atom. The first-order valence-electron chi connectivity index (χ1n) is 11.4. The Morgan fingerprint density at radius 1 is 1.09 bits per heavy atom. The number of hydrogen-bond donors (Lipinski definition) is 2. The zero-order valence-corrected chi connectivity index (χ0v) is 20.7. The molecule has 10 nitrogen and oxygen atoms in total. The van der Waals surface area contributed by atoms with Crippen molar-refractivity contribution in [1.82, 2.24) is 19.7 Å². The molecule has 4 rings (SSSR count). The molecule has 186 valence electrons. The van der Waals surface area contributed by atoms with E-state index in [4.69, 9.17) is 24.6 Å². The summed E-state index contributed by atoms with van der Waals surface area (Å²) in [5.41, 5.74) is 1.77. The van der Waals surface area contributed by atoms with Gasteiger partial charge in [0.05, 0.1) is 19.7 Å². The molecular weight excluding hydrogens is 468 g/mol. The molecule has 35 heavy (non-hydrogen) atoms. The highest BCUT2D eigenvalue weighted by Gasteiger charge is 2.23. The van der Waals surface area contributed by atoms with E-state index in [1.807, 2.05) is 36.4 Å². The molecule has 0 amide bonds. The lowest BCUT2D eigenvalue weighted by Gasteiger charge is -2.33. The third-order valence-electron chi connectivity index (χ3n) is 6.10. The molecule has 0 spiro atoms. The highest BCUT2D eigenvalue weighted by molar-refractivity contribution is 7.87. The number of fused-ring (bicyclic) bond motifs is 1. The fraction of sp³-hybridized carbons (Fsp3) is 0.375.